The molecule has 4 rings (SSSR count). The number of para-hydroxylation sites is 1. The summed E-state index contributed by atoms with van der Waals surface area (Å²) < 4.78 is 5.19. The van der Waals surface area contributed by atoms with E-state index in [0.717, 1.165) is 27.3 Å². The van der Waals surface area contributed by atoms with Crippen LogP contribution in [-0.2, 0) is 0 Å². The summed E-state index contributed by atoms with van der Waals surface area (Å²) in [7, 11) is 1.64. The molecule has 26 heavy (non-hydrogen) atoms. The lowest BCUT2D eigenvalue weighted by molar-refractivity contribution is 0.102. The van der Waals surface area contributed by atoms with Crippen molar-refractivity contribution in [2.24, 2.45) is 0 Å². The number of carbonyl (C=O) groups excluding carboxylic acids is 1. The molecule has 2 N–H and O–H groups in total. The number of H-pyrrole nitrogens is 1. The number of benzene rings is 2. The maximum absolute atomic E-state index is 12.7. The highest BCUT2D eigenvalue weighted by molar-refractivity contribution is 7.16. The number of nitrogens with one attached hydrogen (secondary N) is 2. The van der Waals surface area contributed by atoms with Gasteiger partial charge in [-0.25, -0.2) is 4.98 Å². The highest BCUT2D eigenvalue weighted by Crippen LogP contribution is 2.31. The molecule has 2 heterocycles. The zero-order chi connectivity index (χ0) is 18.1. The third kappa shape index (κ3) is 2.93. The van der Waals surface area contributed by atoms with Gasteiger partial charge in [0.15, 0.2) is 5.13 Å². The number of aromatic nitrogens is 3. The fourth-order valence-electron chi connectivity index (χ4n) is 2.79. The summed E-state index contributed by atoms with van der Waals surface area (Å²) in [6, 6.07) is 13.2. The van der Waals surface area contributed by atoms with Crippen LogP contribution in [0.15, 0.2) is 48.7 Å². The average Bonchev–Trinajstić information content (AvgIpc) is 3.28. The van der Waals surface area contributed by atoms with Crippen LogP contribution in [0.5, 0.6) is 5.75 Å². The van der Waals surface area contributed by atoms with Crippen molar-refractivity contribution in [3.05, 3.63) is 59.1 Å². The maximum Gasteiger partial charge on any atom is 0.259 e. The quantitative estimate of drug-likeness (QED) is 0.567. The number of carbonyl (C=O) groups is 1. The molecule has 0 fully saturated rings. The molecule has 130 valence electrons. The first-order chi connectivity index (χ1) is 12.7. The minimum absolute atomic E-state index is 0.213. The van der Waals surface area contributed by atoms with E-state index in [2.05, 4.69) is 20.5 Å². The highest BCUT2D eigenvalue weighted by atomic mass is 32.1. The molecule has 2 aromatic heterocycles. The normalized spacial score (nSPS) is 10.8. The van der Waals surface area contributed by atoms with Gasteiger partial charge in [-0.05, 0) is 37.3 Å². The van der Waals surface area contributed by atoms with E-state index in [0.29, 0.717) is 16.2 Å². The van der Waals surface area contributed by atoms with Gasteiger partial charge in [0.25, 0.3) is 5.91 Å². The Labute approximate surface area is 153 Å². The summed E-state index contributed by atoms with van der Waals surface area (Å²) in [5.74, 6) is 0.581. The van der Waals surface area contributed by atoms with E-state index in [1.54, 1.807) is 19.4 Å². The van der Waals surface area contributed by atoms with E-state index in [-0.39, 0.29) is 5.91 Å². The summed E-state index contributed by atoms with van der Waals surface area (Å²) in [6.07, 6.45) is 1.70. The summed E-state index contributed by atoms with van der Waals surface area (Å²) in [5, 5.41) is 11.2. The van der Waals surface area contributed by atoms with Gasteiger partial charge in [-0.2, -0.15) is 5.10 Å². The van der Waals surface area contributed by atoms with E-state index in [9.17, 15) is 4.79 Å². The maximum atomic E-state index is 12.7. The summed E-state index contributed by atoms with van der Waals surface area (Å²) in [4.78, 5) is 18.3. The standard InChI is InChI=1S/C19H16N4O2S/c1-11-16(12-6-8-14(25-2)9-7-12)21-19(26-11)22-18(24)15-5-3-4-13-10-20-23-17(13)15/h3-10H,1-2H3,(H,20,23)(H,21,22,24). The molecule has 2 aromatic carbocycles. The molecule has 0 aliphatic carbocycles. The Hall–Kier alpha value is -3.19. The number of rotatable bonds is 4. The van der Waals surface area contributed by atoms with E-state index in [1.807, 2.05) is 43.3 Å². The van der Waals surface area contributed by atoms with Crippen molar-refractivity contribution in [1.82, 2.24) is 15.2 Å². The van der Waals surface area contributed by atoms with Crippen molar-refractivity contribution in [1.29, 1.82) is 0 Å². The fourth-order valence-corrected chi connectivity index (χ4v) is 3.62. The van der Waals surface area contributed by atoms with E-state index < -0.39 is 0 Å². The van der Waals surface area contributed by atoms with Crippen LogP contribution in [0, 0.1) is 6.92 Å². The average molecular weight is 364 g/mol. The van der Waals surface area contributed by atoms with Gasteiger partial charge in [-0.1, -0.05) is 12.1 Å². The topological polar surface area (TPSA) is 79.9 Å². The minimum atomic E-state index is -0.213. The Bertz CT molecular complexity index is 1080. The van der Waals surface area contributed by atoms with Crippen LogP contribution in [0.3, 0.4) is 0 Å². The largest absolute Gasteiger partial charge is 0.497 e. The molecular weight excluding hydrogens is 348 g/mol. The SMILES string of the molecule is COc1ccc(-c2nc(NC(=O)c3cccc4cn[nH]c34)sc2C)cc1. The number of hydrogen-bond acceptors (Lipinski definition) is 5. The van der Waals surface area contributed by atoms with Gasteiger partial charge in [-0.15, -0.1) is 11.3 Å². The molecule has 0 bridgehead atoms. The molecule has 0 saturated carbocycles. The second-order valence-corrected chi connectivity index (χ2v) is 6.95. The van der Waals surface area contributed by atoms with Crippen molar-refractivity contribution in [3.63, 3.8) is 0 Å². The molecular formula is C19H16N4O2S. The van der Waals surface area contributed by atoms with Gasteiger partial charge >= 0.3 is 0 Å². The summed E-state index contributed by atoms with van der Waals surface area (Å²) in [6.45, 7) is 1.99. The molecule has 0 aliphatic rings. The van der Waals surface area contributed by atoms with Crippen molar-refractivity contribution < 1.29 is 9.53 Å². The van der Waals surface area contributed by atoms with Crippen LogP contribution >= 0.6 is 11.3 Å². The van der Waals surface area contributed by atoms with E-state index >= 15 is 0 Å². The first-order valence-electron chi connectivity index (χ1n) is 8.01. The lowest BCUT2D eigenvalue weighted by atomic mass is 10.1. The van der Waals surface area contributed by atoms with Crippen LogP contribution in [0.1, 0.15) is 15.2 Å². The number of aryl methyl sites for hydroxylation is 1. The van der Waals surface area contributed by atoms with Crippen LogP contribution < -0.4 is 10.1 Å². The molecule has 4 aromatic rings. The lowest BCUT2D eigenvalue weighted by Crippen LogP contribution is -2.12. The first kappa shape index (κ1) is 16.3. The zero-order valence-electron chi connectivity index (χ0n) is 14.2. The summed E-state index contributed by atoms with van der Waals surface area (Å²) in [5.41, 5.74) is 3.09. The number of hydrogen-bond donors (Lipinski definition) is 2. The smallest absolute Gasteiger partial charge is 0.259 e. The Morgan fingerprint density at radius 3 is 2.77 bits per heavy atom. The minimum Gasteiger partial charge on any atom is -0.497 e. The van der Waals surface area contributed by atoms with Crippen molar-refractivity contribution in [3.8, 4) is 17.0 Å². The van der Waals surface area contributed by atoms with Gasteiger partial charge in [0.2, 0.25) is 0 Å². The molecule has 0 aliphatic heterocycles. The predicted octanol–water partition coefficient (Wildman–Crippen LogP) is 4.26. The van der Waals surface area contributed by atoms with Crippen molar-refractivity contribution in [2.45, 2.75) is 6.92 Å². The third-order valence-electron chi connectivity index (χ3n) is 4.10. The molecule has 0 unspecified atom stereocenters. The Balaban J connectivity index is 1.61. The van der Waals surface area contributed by atoms with Crippen LogP contribution in [-0.4, -0.2) is 28.2 Å². The number of amides is 1. The van der Waals surface area contributed by atoms with Gasteiger partial charge in [0.1, 0.15) is 5.75 Å². The fraction of sp³-hybridized carbons (Fsp3) is 0.105. The number of nitrogens with zero attached hydrogens (tertiary/aromatic N) is 2. The van der Waals surface area contributed by atoms with Crippen LogP contribution in [0.4, 0.5) is 5.13 Å². The predicted molar refractivity (Wildman–Crippen MR) is 103 cm³/mol. The van der Waals surface area contributed by atoms with Crippen LogP contribution in [0.2, 0.25) is 0 Å². The Morgan fingerprint density at radius 2 is 2.00 bits per heavy atom. The molecule has 0 radical (unpaired) electrons. The molecule has 7 heteroatoms. The number of aromatic amines is 1. The molecule has 0 atom stereocenters. The number of thiazole rings is 1. The Morgan fingerprint density at radius 1 is 1.19 bits per heavy atom. The molecule has 6 nitrogen and oxygen atoms in total. The first-order valence-corrected chi connectivity index (χ1v) is 8.82. The number of anilines is 1. The summed E-state index contributed by atoms with van der Waals surface area (Å²) >= 11 is 1.45. The second kappa shape index (κ2) is 6.61. The van der Waals surface area contributed by atoms with E-state index in [4.69, 9.17) is 4.74 Å². The third-order valence-corrected chi connectivity index (χ3v) is 4.99. The van der Waals surface area contributed by atoms with Crippen molar-refractivity contribution >= 4 is 33.3 Å². The van der Waals surface area contributed by atoms with Gasteiger partial charge in [0.05, 0.1) is 30.1 Å². The van der Waals surface area contributed by atoms with Gasteiger partial charge in [0, 0.05) is 15.8 Å². The zero-order valence-corrected chi connectivity index (χ0v) is 15.1. The highest BCUT2D eigenvalue weighted by Gasteiger charge is 2.15. The molecule has 0 spiro atoms. The van der Waals surface area contributed by atoms with Crippen LogP contribution in [0.25, 0.3) is 22.2 Å². The van der Waals surface area contributed by atoms with Gasteiger partial charge < -0.3 is 4.74 Å². The Kier molecular flexibility index (Phi) is 4.14. The van der Waals surface area contributed by atoms with Gasteiger partial charge in [-0.3, -0.25) is 15.2 Å². The molecule has 1 amide bonds. The van der Waals surface area contributed by atoms with Crippen molar-refractivity contribution in [2.75, 3.05) is 12.4 Å². The lowest BCUT2D eigenvalue weighted by Gasteiger charge is -2.03. The van der Waals surface area contributed by atoms with E-state index in [1.165, 1.54) is 11.3 Å². The number of fused-ring (bicyclic) bond motifs is 1. The number of ether oxygens (including phenoxy) is 1. The second-order valence-electron chi connectivity index (χ2n) is 5.75. The number of methoxy groups -OCH3 is 1. The molecule has 0 saturated heterocycles. The monoisotopic (exact) mass is 364 g/mol.